The fourth-order valence-corrected chi connectivity index (χ4v) is 3.53. The highest BCUT2D eigenvalue weighted by atomic mass is 127. The molecule has 0 bridgehead atoms. The van der Waals surface area contributed by atoms with Gasteiger partial charge in [0.15, 0.2) is 0 Å². The number of benzene rings is 1. The van der Waals surface area contributed by atoms with E-state index in [1.807, 2.05) is 17.3 Å². The number of halogens is 4. The van der Waals surface area contributed by atoms with Crippen molar-refractivity contribution in [3.05, 3.63) is 80.0 Å². The van der Waals surface area contributed by atoms with Crippen molar-refractivity contribution >= 4 is 34.2 Å². The van der Waals surface area contributed by atoms with E-state index < -0.39 is 17.7 Å². The van der Waals surface area contributed by atoms with Gasteiger partial charge in [0.1, 0.15) is 17.8 Å². The van der Waals surface area contributed by atoms with Gasteiger partial charge in [0, 0.05) is 24.0 Å². The molecular formula is C16H14ClF2IN4. The van der Waals surface area contributed by atoms with Gasteiger partial charge in [0.25, 0.3) is 0 Å². The molecular weight excluding hydrogens is 449 g/mol. The molecule has 2 unspecified atom stereocenters. The highest BCUT2D eigenvalue weighted by molar-refractivity contribution is 14.1. The fourth-order valence-electron chi connectivity index (χ4n) is 2.65. The van der Waals surface area contributed by atoms with Gasteiger partial charge in [-0.2, -0.15) is 0 Å². The van der Waals surface area contributed by atoms with Crippen molar-refractivity contribution in [1.82, 2.24) is 10.2 Å². The van der Waals surface area contributed by atoms with E-state index in [4.69, 9.17) is 23.1 Å². The number of nitrogens with one attached hydrogen (secondary N) is 1. The van der Waals surface area contributed by atoms with Crippen LogP contribution in [-0.2, 0) is 0 Å². The Hall–Kier alpha value is -1.58. The molecule has 2 aliphatic heterocycles. The van der Waals surface area contributed by atoms with Crippen LogP contribution in [0.4, 0.5) is 8.78 Å². The Morgan fingerprint density at radius 2 is 2.17 bits per heavy atom. The largest absolute Gasteiger partial charge is 0.404 e. The van der Waals surface area contributed by atoms with E-state index in [0.29, 0.717) is 16.2 Å². The van der Waals surface area contributed by atoms with Crippen molar-refractivity contribution in [3.8, 4) is 0 Å². The zero-order chi connectivity index (χ0) is 17.4. The molecule has 0 radical (unpaired) electrons. The van der Waals surface area contributed by atoms with Gasteiger partial charge >= 0.3 is 0 Å². The molecule has 0 saturated heterocycles. The summed E-state index contributed by atoms with van der Waals surface area (Å²) in [7, 11) is 0. The molecule has 8 heteroatoms. The third-order valence-electron chi connectivity index (χ3n) is 3.86. The first kappa shape index (κ1) is 17.2. The summed E-state index contributed by atoms with van der Waals surface area (Å²) in [6.45, 7) is 0. The second-order valence-electron chi connectivity index (χ2n) is 5.32. The Balaban J connectivity index is 1.97. The average molecular weight is 463 g/mol. The molecule has 24 heavy (non-hydrogen) atoms. The molecule has 0 fully saturated rings. The standard InChI is InChI=1S/C16H14ClF2IN4/c17-12-3-8(7-24-14(20)6-23-16(12)24)11(5-21)15(22)10-2-1-9(18)4-13(10)19/h1-7,15-16,23H,21-22H2/b11-5-. The van der Waals surface area contributed by atoms with Gasteiger partial charge in [-0.15, -0.1) is 0 Å². The minimum absolute atomic E-state index is 0.158. The number of rotatable bonds is 3. The van der Waals surface area contributed by atoms with Crippen LogP contribution in [0.2, 0.25) is 0 Å². The van der Waals surface area contributed by atoms with Crippen LogP contribution in [0.3, 0.4) is 0 Å². The van der Waals surface area contributed by atoms with Crippen LogP contribution in [-0.4, -0.2) is 11.1 Å². The normalized spacial score (nSPS) is 21.5. The zero-order valence-electron chi connectivity index (χ0n) is 12.3. The van der Waals surface area contributed by atoms with E-state index >= 15 is 0 Å². The second-order valence-corrected chi connectivity index (χ2v) is 6.86. The number of fused-ring (bicyclic) bond motifs is 1. The summed E-state index contributed by atoms with van der Waals surface area (Å²) in [5.41, 5.74) is 13.2. The lowest BCUT2D eigenvalue weighted by Gasteiger charge is -2.30. The van der Waals surface area contributed by atoms with E-state index in [9.17, 15) is 8.78 Å². The van der Waals surface area contributed by atoms with Crippen LogP contribution in [0.15, 0.2) is 62.8 Å². The van der Waals surface area contributed by atoms with E-state index in [0.717, 1.165) is 15.8 Å². The first-order valence-corrected chi connectivity index (χ1v) is 8.49. The molecule has 2 aliphatic rings. The van der Waals surface area contributed by atoms with Gasteiger partial charge in [-0.1, -0.05) is 17.7 Å². The quantitative estimate of drug-likeness (QED) is 0.476. The lowest BCUT2D eigenvalue weighted by molar-refractivity contribution is 0.413. The van der Waals surface area contributed by atoms with Gasteiger partial charge in [-0.05, 0) is 52.1 Å². The van der Waals surface area contributed by atoms with Crippen molar-refractivity contribution in [2.75, 3.05) is 0 Å². The topological polar surface area (TPSA) is 67.3 Å². The third kappa shape index (κ3) is 3.03. The number of allylic oxidation sites excluding steroid dienone is 1. The SMILES string of the molecule is N/C=C(/C1=CN2C(I)=CNC2C(Cl)=C1)C(N)c1ccc(F)cc1F. The molecule has 2 heterocycles. The van der Waals surface area contributed by atoms with Crippen molar-refractivity contribution in [3.63, 3.8) is 0 Å². The smallest absolute Gasteiger partial charge is 0.140 e. The first-order chi connectivity index (χ1) is 11.4. The minimum Gasteiger partial charge on any atom is -0.404 e. The number of nitrogens with zero attached hydrogens (tertiary/aromatic N) is 1. The summed E-state index contributed by atoms with van der Waals surface area (Å²) in [6.07, 6.45) is 6.57. The van der Waals surface area contributed by atoms with Crippen LogP contribution in [0.25, 0.3) is 0 Å². The van der Waals surface area contributed by atoms with E-state index in [-0.39, 0.29) is 11.7 Å². The molecule has 126 valence electrons. The van der Waals surface area contributed by atoms with Gasteiger partial charge in [0.2, 0.25) is 0 Å². The van der Waals surface area contributed by atoms with Crippen molar-refractivity contribution < 1.29 is 8.78 Å². The molecule has 3 rings (SSSR count). The Labute approximate surface area is 156 Å². The highest BCUT2D eigenvalue weighted by Gasteiger charge is 2.30. The summed E-state index contributed by atoms with van der Waals surface area (Å²) in [5.74, 6) is -1.38. The molecule has 0 amide bonds. The van der Waals surface area contributed by atoms with Gasteiger partial charge in [0.05, 0.1) is 14.8 Å². The fraction of sp³-hybridized carbons (Fsp3) is 0.125. The first-order valence-electron chi connectivity index (χ1n) is 7.04. The van der Waals surface area contributed by atoms with Crippen molar-refractivity contribution in [1.29, 1.82) is 0 Å². The van der Waals surface area contributed by atoms with Crippen LogP contribution < -0.4 is 16.8 Å². The maximum absolute atomic E-state index is 14.0. The Bertz CT molecular complexity index is 803. The predicted octanol–water partition coefficient (Wildman–Crippen LogP) is 3.29. The lowest BCUT2D eigenvalue weighted by Crippen LogP contribution is -2.35. The third-order valence-corrected chi connectivity index (χ3v) is 5.05. The lowest BCUT2D eigenvalue weighted by atomic mass is 9.92. The van der Waals surface area contributed by atoms with Crippen molar-refractivity contribution in [2.24, 2.45) is 11.5 Å². The van der Waals surface area contributed by atoms with Gasteiger partial charge in [-0.25, -0.2) is 8.78 Å². The maximum atomic E-state index is 14.0. The van der Waals surface area contributed by atoms with Gasteiger partial charge in [-0.3, -0.25) is 0 Å². The molecule has 0 spiro atoms. The molecule has 0 aromatic heterocycles. The Kier molecular flexibility index (Phi) is 4.84. The summed E-state index contributed by atoms with van der Waals surface area (Å²) in [5, 5.41) is 3.70. The van der Waals surface area contributed by atoms with Crippen molar-refractivity contribution in [2.45, 2.75) is 12.2 Å². The van der Waals surface area contributed by atoms with Crippen LogP contribution >= 0.6 is 34.2 Å². The van der Waals surface area contributed by atoms with E-state index in [1.54, 1.807) is 6.08 Å². The van der Waals surface area contributed by atoms with Crippen LogP contribution in [0.1, 0.15) is 11.6 Å². The number of nitrogens with two attached hydrogens (primary N) is 2. The second kappa shape index (κ2) is 6.73. The summed E-state index contributed by atoms with van der Waals surface area (Å²) < 4.78 is 28.1. The van der Waals surface area contributed by atoms with E-state index in [2.05, 4.69) is 27.9 Å². The summed E-state index contributed by atoms with van der Waals surface area (Å²) in [6, 6.07) is 2.43. The van der Waals surface area contributed by atoms with Crippen LogP contribution in [0.5, 0.6) is 0 Å². The molecule has 0 aliphatic carbocycles. The molecule has 4 nitrogen and oxygen atoms in total. The minimum atomic E-state index is -0.851. The summed E-state index contributed by atoms with van der Waals surface area (Å²) in [4.78, 5) is 1.93. The monoisotopic (exact) mass is 462 g/mol. The predicted molar refractivity (Wildman–Crippen MR) is 98.4 cm³/mol. The number of hydrogen-bond acceptors (Lipinski definition) is 4. The summed E-state index contributed by atoms with van der Waals surface area (Å²) >= 11 is 8.50. The molecule has 0 saturated carbocycles. The molecule has 5 N–H and O–H groups in total. The molecule has 2 atom stereocenters. The molecule has 1 aromatic rings. The van der Waals surface area contributed by atoms with Crippen LogP contribution in [0, 0.1) is 11.6 Å². The number of hydrogen-bond donors (Lipinski definition) is 3. The Morgan fingerprint density at radius 3 is 2.83 bits per heavy atom. The maximum Gasteiger partial charge on any atom is 0.140 e. The average Bonchev–Trinajstić information content (AvgIpc) is 2.90. The molecule has 1 aromatic carbocycles. The zero-order valence-corrected chi connectivity index (χ0v) is 15.2. The Morgan fingerprint density at radius 1 is 1.42 bits per heavy atom. The van der Waals surface area contributed by atoms with E-state index in [1.165, 1.54) is 12.3 Å². The van der Waals surface area contributed by atoms with Gasteiger partial charge < -0.3 is 21.7 Å². The highest BCUT2D eigenvalue weighted by Crippen LogP contribution is 2.36.